The third-order valence-corrected chi connectivity index (χ3v) is 5.80. The minimum absolute atomic E-state index is 0.124. The summed E-state index contributed by atoms with van der Waals surface area (Å²) in [5.41, 5.74) is 3.58. The lowest BCUT2D eigenvalue weighted by Crippen LogP contribution is -2.54. The number of nitrogens with one attached hydrogen (secondary N) is 1. The highest BCUT2D eigenvalue weighted by Gasteiger charge is 2.37. The largest absolute Gasteiger partial charge is 0.340 e. The van der Waals surface area contributed by atoms with Crippen molar-refractivity contribution in [1.82, 2.24) is 9.88 Å². The standard InChI is InChI=1S/C24H20ClN3O3/c1-4-11-27-15(3)18(17-7-5-6-8-21(17)27)13-19-22(29)26-24(31)28(23(19)30)16-10-9-14(2)20(25)12-16/h4-10,12-13H,1,11H2,2-3H3,(H,26,29,31)/b19-13+. The second kappa shape index (κ2) is 7.89. The van der Waals surface area contributed by atoms with Crippen LogP contribution in [0.5, 0.6) is 0 Å². The van der Waals surface area contributed by atoms with Crippen molar-refractivity contribution in [2.45, 2.75) is 20.4 Å². The normalized spacial score (nSPS) is 15.6. The number of urea groups is 1. The molecular formula is C24H20ClN3O3. The summed E-state index contributed by atoms with van der Waals surface area (Å²) in [7, 11) is 0. The topological polar surface area (TPSA) is 71.4 Å². The Labute approximate surface area is 184 Å². The van der Waals surface area contributed by atoms with Gasteiger partial charge in [-0.2, -0.15) is 0 Å². The molecule has 0 saturated carbocycles. The molecule has 0 unspecified atom stereocenters. The number of para-hydroxylation sites is 1. The smallest absolute Gasteiger partial charge is 0.335 e. The van der Waals surface area contributed by atoms with Gasteiger partial charge < -0.3 is 4.57 Å². The molecule has 0 bridgehead atoms. The maximum atomic E-state index is 13.2. The molecule has 156 valence electrons. The molecule has 4 rings (SSSR count). The molecule has 0 atom stereocenters. The van der Waals surface area contributed by atoms with E-state index in [2.05, 4.69) is 16.5 Å². The highest BCUT2D eigenvalue weighted by Crippen LogP contribution is 2.30. The first-order chi connectivity index (χ1) is 14.8. The van der Waals surface area contributed by atoms with E-state index >= 15 is 0 Å². The summed E-state index contributed by atoms with van der Waals surface area (Å²) in [6.07, 6.45) is 3.33. The van der Waals surface area contributed by atoms with Crippen LogP contribution in [0.15, 0.2) is 60.7 Å². The molecule has 0 aliphatic carbocycles. The van der Waals surface area contributed by atoms with E-state index in [1.54, 1.807) is 24.3 Å². The van der Waals surface area contributed by atoms with Gasteiger partial charge in [-0.1, -0.05) is 41.9 Å². The third kappa shape index (κ3) is 3.45. The van der Waals surface area contributed by atoms with E-state index in [-0.39, 0.29) is 5.57 Å². The van der Waals surface area contributed by atoms with E-state index in [4.69, 9.17) is 11.6 Å². The van der Waals surface area contributed by atoms with Gasteiger partial charge in [0.25, 0.3) is 11.8 Å². The van der Waals surface area contributed by atoms with Crippen molar-refractivity contribution in [2.24, 2.45) is 0 Å². The molecule has 1 aliphatic rings. The number of fused-ring (bicyclic) bond motifs is 1. The van der Waals surface area contributed by atoms with Gasteiger partial charge in [0.2, 0.25) is 0 Å². The van der Waals surface area contributed by atoms with Gasteiger partial charge >= 0.3 is 6.03 Å². The Balaban J connectivity index is 1.86. The first-order valence-electron chi connectivity index (χ1n) is 9.69. The van der Waals surface area contributed by atoms with Crippen molar-refractivity contribution in [1.29, 1.82) is 0 Å². The molecule has 3 aromatic rings. The second-order valence-electron chi connectivity index (χ2n) is 7.31. The highest BCUT2D eigenvalue weighted by atomic mass is 35.5. The van der Waals surface area contributed by atoms with Crippen molar-refractivity contribution >= 4 is 52.1 Å². The molecule has 1 aliphatic heterocycles. The van der Waals surface area contributed by atoms with Gasteiger partial charge in [-0.05, 0) is 43.7 Å². The average molecular weight is 434 g/mol. The first kappa shape index (κ1) is 20.6. The minimum atomic E-state index is -0.808. The number of hydrogen-bond acceptors (Lipinski definition) is 3. The van der Waals surface area contributed by atoms with Crippen LogP contribution in [0.1, 0.15) is 16.8 Å². The fourth-order valence-corrected chi connectivity index (χ4v) is 3.94. The summed E-state index contributed by atoms with van der Waals surface area (Å²) < 4.78 is 2.06. The van der Waals surface area contributed by atoms with Gasteiger partial charge in [-0.3, -0.25) is 14.9 Å². The average Bonchev–Trinajstić information content (AvgIpc) is 2.99. The number of halogens is 1. The van der Waals surface area contributed by atoms with Gasteiger partial charge in [0.15, 0.2) is 0 Å². The summed E-state index contributed by atoms with van der Waals surface area (Å²) in [5, 5.41) is 3.58. The summed E-state index contributed by atoms with van der Waals surface area (Å²) in [6.45, 7) is 8.13. The highest BCUT2D eigenvalue weighted by molar-refractivity contribution is 6.39. The van der Waals surface area contributed by atoms with E-state index in [1.165, 1.54) is 6.07 Å². The number of rotatable bonds is 4. The number of hydrogen-bond donors (Lipinski definition) is 1. The Morgan fingerprint density at radius 2 is 1.84 bits per heavy atom. The lowest BCUT2D eigenvalue weighted by atomic mass is 10.0. The Kier molecular flexibility index (Phi) is 5.25. The molecule has 2 heterocycles. The van der Waals surface area contributed by atoms with Crippen LogP contribution in [0.25, 0.3) is 17.0 Å². The zero-order valence-corrected chi connectivity index (χ0v) is 17.9. The summed E-state index contributed by atoms with van der Waals surface area (Å²) in [4.78, 5) is 39.2. The number of benzene rings is 2. The quantitative estimate of drug-likeness (QED) is 0.366. The molecule has 0 radical (unpaired) electrons. The van der Waals surface area contributed by atoms with Crippen LogP contribution in [0.4, 0.5) is 10.5 Å². The number of anilines is 1. The van der Waals surface area contributed by atoms with Crippen molar-refractivity contribution in [2.75, 3.05) is 4.90 Å². The van der Waals surface area contributed by atoms with Gasteiger partial charge in [-0.25, -0.2) is 9.69 Å². The third-order valence-electron chi connectivity index (χ3n) is 5.40. The molecule has 6 nitrogen and oxygen atoms in total. The van der Waals surface area contributed by atoms with Crippen LogP contribution in [-0.2, 0) is 16.1 Å². The van der Waals surface area contributed by atoms with Gasteiger partial charge in [0, 0.05) is 33.7 Å². The fraction of sp³-hybridized carbons (Fsp3) is 0.125. The number of nitrogens with zero attached hydrogens (tertiary/aromatic N) is 2. The van der Waals surface area contributed by atoms with Gasteiger partial charge in [0.05, 0.1) is 5.69 Å². The predicted octanol–water partition coefficient (Wildman–Crippen LogP) is 4.76. The molecule has 1 aromatic heterocycles. The molecule has 1 fully saturated rings. The number of carbonyl (C=O) groups excluding carboxylic acids is 3. The van der Waals surface area contributed by atoms with E-state index in [0.29, 0.717) is 17.3 Å². The Hall–Kier alpha value is -3.64. The van der Waals surface area contributed by atoms with Crippen LogP contribution >= 0.6 is 11.6 Å². The number of allylic oxidation sites excluding steroid dienone is 1. The molecule has 1 N–H and O–H groups in total. The SMILES string of the molecule is C=CCn1c(C)c(/C=C2\C(=O)NC(=O)N(c3ccc(C)c(Cl)c3)C2=O)c2ccccc21. The molecule has 2 aromatic carbocycles. The molecule has 0 spiro atoms. The van der Waals surface area contributed by atoms with Crippen molar-refractivity contribution < 1.29 is 14.4 Å². The van der Waals surface area contributed by atoms with Gasteiger partial charge in [-0.15, -0.1) is 6.58 Å². The van der Waals surface area contributed by atoms with Crippen molar-refractivity contribution in [3.8, 4) is 0 Å². The number of amides is 4. The van der Waals surface area contributed by atoms with E-state index < -0.39 is 17.8 Å². The Bertz CT molecular complexity index is 1300. The minimum Gasteiger partial charge on any atom is -0.340 e. The van der Waals surface area contributed by atoms with E-state index in [0.717, 1.165) is 32.6 Å². The lowest BCUT2D eigenvalue weighted by Gasteiger charge is -2.26. The Morgan fingerprint density at radius 1 is 1.10 bits per heavy atom. The second-order valence-corrected chi connectivity index (χ2v) is 7.71. The number of carbonyl (C=O) groups is 3. The van der Waals surface area contributed by atoms with Gasteiger partial charge in [0.1, 0.15) is 5.57 Å². The number of aromatic nitrogens is 1. The molecular weight excluding hydrogens is 414 g/mol. The summed E-state index contributed by atoms with van der Waals surface area (Å²) >= 11 is 6.18. The summed E-state index contributed by atoms with van der Waals surface area (Å²) in [6, 6.07) is 11.8. The molecule has 1 saturated heterocycles. The maximum absolute atomic E-state index is 13.2. The van der Waals surface area contributed by atoms with Crippen LogP contribution in [-0.4, -0.2) is 22.4 Å². The van der Waals surface area contributed by atoms with Crippen LogP contribution in [0.3, 0.4) is 0 Å². The number of barbiturate groups is 1. The monoisotopic (exact) mass is 433 g/mol. The Morgan fingerprint density at radius 3 is 2.55 bits per heavy atom. The zero-order valence-electron chi connectivity index (χ0n) is 17.1. The van der Waals surface area contributed by atoms with Crippen LogP contribution in [0.2, 0.25) is 5.02 Å². The van der Waals surface area contributed by atoms with Crippen LogP contribution in [0, 0.1) is 13.8 Å². The van der Waals surface area contributed by atoms with Crippen molar-refractivity contribution in [3.05, 3.63) is 82.5 Å². The zero-order chi connectivity index (χ0) is 22.3. The van der Waals surface area contributed by atoms with E-state index in [9.17, 15) is 14.4 Å². The maximum Gasteiger partial charge on any atom is 0.335 e. The first-order valence-corrected chi connectivity index (χ1v) is 10.1. The molecule has 31 heavy (non-hydrogen) atoms. The van der Waals surface area contributed by atoms with Crippen LogP contribution < -0.4 is 10.2 Å². The summed E-state index contributed by atoms with van der Waals surface area (Å²) in [5.74, 6) is -1.43. The predicted molar refractivity (Wildman–Crippen MR) is 122 cm³/mol. The molecule has 4 amide bonds. The number of aryl methyl sites for hydroxylation is 1. The number of imide groups is 2. The van der Waals surface area contributed by atoms with Crippen molar-refractivity contribution in [3.63, 3.8) is 0 Å². The fourth-order valence-electron chi connectivity index (χ4n) is 3.76. The molecule has 7 heteroatoms. The van der Waals surface area contributed by atoms with E-state index in [1.807, 2.05) is 38.1 Å². The lowest BCUT2D eigenvalue weighted by molar-refractivity contribution is -0.122.